The maximum Gasteiger partial charge on any atom is 0.316 e. The number of fused-ring (bicyclic) bond motifs is 5. The molecule has 3 aliphatic rings. The SMILES string of the molecule is COC(=O)[C@]12CN(S(=O)(=O)c3ccc(C)cc3)c3ccccc3[C@H]1N1CCC[C@@H]1[C@H]2c1ccccc1. The van der Waals surface area contributed by atoms with Crippen LogP contribution < -0.4 is 4.31 Å². The second-order valence-electron chi connectivity index (χ2n) is 10.2. The quantitative estimate of drug-likeness (QED) is 0.485. The van der Waals surface area contributed by atoms with Gasteiger partial charge in [-0.3, -0.25) is 14.0 Å². The third-order valence-electron chi connectivity index (χ3n) is 8.34. The maximum absolute atomic E-state index is 14.2. The molecule has 0 amide bonds. The van der Waals surface area contributed by atoms with Crippen LogP contribution >= 0.6 is 0 Å². The number of hydrogen-bond acceptors (Lipinski definition) is 5. The summed E-state index contributed by atoms with van der Waals surface area (Å²) >= 11 is 0. The fourth-order valence-corrected chi connectivity index (χ4v) is 8.48. The van der Waals surface area contributed by atoms with Gasteiger partial charge in [0.1, 0.15) is 5.41 Å². The highest BCUT2D eigenvalue weighted by Gasteiger charge is 2.68. The van der Waals surface area contributed by atoms with Crippen molar-refractivity contribution >= 4 is 21.7 Å². The first-order valence-electron chi connectivity index (χ1n) is 12.5. The van der Waals surface area contributed by atoms with Gasteiger partial charge in [-0.05, 0) is 55.6 Å². The minimum atomic E-state index is -3.93. The molecule has 3 heterocycles. The third-order valence-corrected chi connectivity index (χ3v) is 10.1. The van der Waals surface area contributed by atoms with Crippen molar-refractivity contribution < 1.29 is 17.9 Å². The number of nitrogens with zero attached hydrogens (tertiary/aromatic N) is 2. The molecule has 3 aromatic carbocycles. The molecule has 2 saturated heterocycles. The van der Waals surface area contributed by atoms with E-state index in [1.807, 2.05) is 49.4 Å². The van der Waals surface area contributed by atoms with Crippen molar-refractivity contribution in [1.29, 1.82) is 0 Å². The fourth-order valence-electron chi connectivity index (χ4n) is 6.94. The van der Waals surface area contributed by atoms with Crippen molar-refractivity contribution in [1.82, 2.24) is 4.90 Å². The molecule has 2 fully saturated rings. The van der Waals surface area contributed by atoms with E-state index in [1.54, 1.807) is 24.3 Å². The second-order valence-corrected chi connectivity index (χ2v) is 12.0. The number of carbonyl (C=O) groups is 1. The van der Waals surface area contributed by atoms with E-state index in [2.05, 4.69) is 17.0 Å². The molecule has 0 aliphatic carbocycles. The van der Waals surface area contributed by atoms with E-state index >= 15 is 0 Å². The van der Waals surface area contributed by atoms with Gasteiger partial charge >= 0.3 is 5.97 Å². The van der Waals surface area contributed by atoms with E-state index in [0.29, 0.717) is 5.69 Å². The van der Waals surface area contributed by atoms with Crippen LogP contribution in [0.1, 0.15) is 41.5 Å². The second kappa shape index (κ2) is 8.46. The Morgan fingerprint density at radius 1 is 0.972 bits per heavy atom. The summed E-state index contributed by atoms with van der Waals surface area (Å²) in [4.78, 5) is 16.6. The Bertz CT molecular complexity index is 1410. The molecule has 4 atom stereocenters. The molecular weight excluding hydrogens is 472 g/mol. The highest BCUT2D eigenvalue weighted by Crippen LogP contribution is 2.65. The summed E-state index contributed by atoms with van der Waals surface area (Å²) < 4.78 is 35.3. The first-order chi connectivity index (χ1) is 17.4. The number of carbonyl (C=O) groups excluding carboxylic acids is 1. The van der Waals surface area contributed by atoms with E-state index in [1.165, 1.54) is 11.4 Å². The van der Waals surface area contributed by atoms with Crippen LogP contribution in [0, 0.1) is 12.3 Å². The van der Waals surface area contributed by atoms with Gasteiger partial charge in [-0.25, -0.2) is 8.42 Å². The van der Waals surface area contributed by atoms with Crippen molar-refractivity contribution in [3.63, 3.8) is 0 Å². The molecule has 0 radical (unpaired) electrons. The van der Waals surface area contributed by atoms with Gasteiger partial charge in [-0.2, -0.15) is 0 Å². The van der Waals surface area contributed by atoms with E-state index in [4.69, 9.17) is 4.74 Å². The van der Waals surface area contributed by atoms with Crippen LogP contribution in [0.3, 0.4) is 0 Å². The lowest BCUT2D eigenvalue weighted by molar-refractivity contribution is -0.155. The lowest BCUT2D eigenvalue weighted by atomic mass is 9.64. The molecule has 0 saturated carbocycles. The van der Waals surface area contributed by atoms with Crippen LogP contribution in [0.5, 0.6) is 0 Å². The predicted octanol–water partition coefficient (Wildman–Crippen LogP) is 4.67. The van der Waals surface area contributed by atoms with Crippen molar-refractivity contribution in [3.05, 3.63) is 95.6 Å². The number of para-hydroxylation sites is 1. The Hall–Kier alpha value is -3.16. The number of ether oxygens (including phenoxy) is 1. The maximum atomic E-state index is 14.2. The van der Waals surface area contributed by atoms with Gasteiger partial charge in [0.2, 0.25) is 0 Å². The van der Waals surface area contributed by atoms with Crippen molar-refractivity contribution in [3.8, 4) is 0 Å². The summed E-state index contributed by atoms with van der Waals surface area (Å²) in [7, 11) is -2.52. The Morgan fingerprint density at radius 3 is 2.39 bits per heavy atom. The van der Waals surface area contributed by atoms with E-state index in [-0.39, 0.29) is 35.4 Å². The van der Waals surface area contributed by atoms with Crippen LogP contribution in [0.2, 0.25) is 0 Å². The van der Waals surface area contributed by atoms with Crippen molar-refractivity contribution in [2.75, 3.05) is 24.5 Å². The summed E-state index contributed by atoms with van der Waals surface area (Å²) in [6.07, 6.45) is 2.01. The van der Waals surface area contributed by atoms with Gasteiger partial charge in [-0.15, -0.1) is 0 Å². The molecule has 0 bridgehead atoms. The lowest BCUT2D eigenvalue weighted by Crippen LogP contribution is -2.55. The Morgan fingerprint density at radius 2 is 1.67 bits per heavy atom. The molecule has 3 aliphatic heterocycles. The average Bonchev–Trinajstić information content (AvgIpc) is 3.47. The number of methoxy groups -OCH3 is 1. The first-order valence-corrected chi connectivity index (χ1v) is 13.9. The minimum absolute atomic E-state index is 0.0319. The average molecular weight is 503 g/mol. The number of sulfonamides is 1. The van der Waals surface area contributed by atoms with Gasteiger partial charge in [0, 0.05) is 12.0 Å². The zero-order valence-electron chi connectivity index (χ0n) is 20.5. The molecule has 6 rings (SSSR count). The molecule has 0 N–H and O–H groups in total. The Labute approximate surface area is 212 Å². The Balaban J connectivity index is 1.61. The highest BCUT2D eigenvalue weighted by atomic mass is 32.2. The van der Waals surface area contributed by atoms with Gasteiger partial charge in [0.25, 0.3) is 10.0 Å². The van der Waals surface area contributed by atoms with Gasteiger partial charge in [0.05, 0.1) is 30.3 Å². The Kier molecular flexibility index (Phi) is 5.46. The summed E-state index contributed by atoms with van der Waals surface area (Å²) in [5.74, 6) is -0.544. The number of esters is 1. The van der Waals surface area contributed by atoms with E-state index in [9.17, 15) is 13.2 Å². The summed E-state index contributed by atoms with van der Waals surface area (Å²) in [5, 5.41) is 0. The molecule has 0 spiro atoms. The molecule has 6 nitrogen and oxygen atoms in total. The molecule has 3 aromatic rings. The van der Waals surface area contributed by atoms with Crippen molar-refractivity contribution in [2.45, 2.75) is 42.7 Å². The van der Waals surface area contributed by atoms with E-state index < -0.39 is 15.4 Å². The fraction of sp³-hybridized carbons (Fsp3) is 0.345. The molecule has 0 aromatic heterocycles. The largest absolute Gasteiger partial charge is 0.468 e. The topological polar surface area (TPSA) is 66.9 Å². The third kappa shape index (κ3) is 3.19. The number of benzene rings is 3. The molecule has 36 heavy (non-hydrogen) atoms. The highest BCUT2D eigenvalue weighted by molar-refractivity contribution is 7.92. The number of aryl methyl sites for hydroxylation is 1. The monoisotopic (exact) mass is 502 g/mol. The predicted molar refractivity (Wildman–Crippen MR) is 138 cm³/mol. The van der Waals surface area contributed by atoms with Gasteiger partial charge in [-0.1, -0.05) is 66.2 Å². The lowest BCUT2D eigenvalue weighted by Gasteiger charge is -2.47. The number of anilines is 1. The smallest absolute Gasteiger partial charge is 0.316 e. The molecule has 0 unspecified atom stereocenters. The molecule has 7 heteroatoms. The minimum Gasteiger partial charge on any atom is -0.468 e. The van der Waals surface area contributed by atoms with Crippen LogP contribution in [-0.2, 0) is 19.6 Å². The normalized spacial score (nSPS) is 27.3. The standard InChI is InChI=1S/C29H30N2O4S/c1-20-14-16-22(17-15-20)36(33,34)31-19-29(28(32)35-2)26(21-9-4-3-5-10-21)25-13-8-18-30(25)27(29)23-11-6-7-12-24(23)31/h3-7,9-12,14-17,25-27H,8,13,18-19H2,1-2H3/t25-,26-,27-,29+/m1/s1. The van der Waals surface area contributed by atoms with Crippen LogP contribution in [0.25, 0.3) is 0 Å². The zero-order chi connectivity index (χ0) is 25.1. The van der Waals surface area contributed by atoms with Crippen LogP contribution in [-0.4, -0.2) is 45.5 Å². The van der Waals surface area contributed by atoms with Crippen LogP contribution in [0.15, 0.2) is 83.8 Å². The summed E-state index contributed by atoms with van der Waals surface area (Å²) in [5.41, 5.74) is 2.47. The zero-order valence-corrected chi connectivity index (χ0v) is 21.3. The van der Waals surface area contributed by atoms with Gasteiger partial charge < -0.3 is 4.74 Å². The van der Waals surface area contributed by atoms with Crippen molar-refractivity contribution in [2.24, 2.45) is 5.41 Å². The van der Waals surface area contributed by atoms with Crippen LogP contribution in [0.4, 0.5) is 5.69 Å². The van der Waals surface area contributed by atoms with E-state index in [0.717, 1.165) is 36.1 Å². The number of hydrogen-bond donors (Lipinski definition) is 0. The van der Waals surface area contributed by atoms with Gasteiger partial charge in [0.15, 0.2) is 0 Å². The summed E-state index contributed by atoms with van der Waals surface area (Å²) in [6.45, 7) is 2.83. The number of rotatable bonds is 4. The molecule has 186 valence electrons. The first kappa shape index (κ1) is 23.3. The molecular formula is C29H30N2O4S. The summed E-state index contributed by atoms with van der Waals surface area (Å²) in [6, 6.07) is 24.5.